The molecule has 0 radical (unpaired) electrons. The number of fused-ring (bicyclic) bond motifs is 4. The van der Waals surface area contributed by atoms with E-state index in [2.05, 4.69) is 86.8 Å². The summed E-state index contributed by atoms with van der Waals surface area (Å²) in [7, 11) is 4.08. The molecule has 0 spiro atoms. The lowest BCUT2D eigenvalue weighted by Gasteiger charge is -2.38. The van der Waals surface area contributed by atoms with Crippen molar-refractivity contribution in [3.63, 3.8) is 0 Å². The number of carbonyl (C=O) groups is 2. The number of phenols is 1. The van der Waals surface area contributed by atoms with Gasteiger partial charge in [-0.2, -0.15) is 19.9 Å². The van der Waals surface area contributed by atoms with Crippen molar-refractivity contribution in [2.45, 2.75) is 77.3 Å². The van der Waals surface area contributed by atoms with E-state index in [-0.39, 0.29) is 29.8 Å². The summed E-state index contributed by atoms with van der Waals surface area (Å²) >= 11 is 0. The van der Waals surface area contributed by atoms with Gasteiger partial charge in [-0.05, 0) is 93.4 Å². The minimum atomic E-state index is -0.108. The SMILES string of the molecule is C=CC(=O)N1CCN(c2nc(OC(C)CN(C)C)nc3c2CCN(c2cc(CN4CCC(Oc5nc6c(c(N7CCN(C(=O)C=C)CC7)n5)CCN(c5cc(O)cc7ccccc57)C6)C4)cc4c2C=CCC4C)C3)CC1. The van der Waals surface area contributed by atoms with Crippen molar-refractivity contribution in [3.05, 3.63) is 119 Å². The van der Waals surface area contributed by atoms with Crippen molar-refractivity contribution >= 4 is 51.7 Å². The summed E-state index contributed by atoms with van der Waals surface area (Å²) in [4.78, 5) is 63.3. The molecule has 398 valence electrons. The number of benzene rings is 3. The normalized spacial score (nSPS) is 20.1. The van der Waals surface area contributed by atoms with Gasteiger partial charge >= 0.3 is 12.0 Å². The maximum absolute atomic E-state index is 12.6. The van der Waals surface area contributed by atoms with E-state index in [0.29, 0.717) is 83.4 Å². The molecule has 76 heavy (non-hydrogen) atoms. The minimum Gasteiger partial charge on any atom is -0.508 e. The van der Waals surface area contributed by atoms with Gasteiger partial charge in [0.05, 0.1) is 24.5 Å². The van der Waals surface area contributed by atoms with Crippen molar-refractivity contribution in [2.24, 2.45) is 0 Å². The second-order valence-corrected chi connectivity index (χ2v) is 21.7. The number of aromatic hydroxyl groups is 1. The Kier molecular flexibility index (Phi) is 14.6. The number of carbonyl (C=O) groups excluding carboxylic acids is 2. The molecule has 3 unspecified atom stereocenters. The highest BCUT2D eigenvalue weighted by molar-refractivity contribution is 5.96. The first-order valence-electron chi connectivity index (χ1n) is 27.3. The maximum atomic E-state index is 12.6. The van der Waals surface area contributed by atoms with Gasteiger partial charge in [-0.3, -0.25) is 14.5 Å². The molecular formula is C59H72N12O5. The predicted molar refractivity (Wildman–Crippen MR) is 299 cm³/mol. The highest BCUT2D eigenvalue weighted by atomic mass is 16.5. The summed E-state index contributed by atoms with van der Waals surface area (Å²) in [5.74, 6) is 2.33. The average molecular weight is 1030 g/mol. The number of rotatable bonds is 14. The molecule has 1 aliphatic carbocycles. The molecule has 3 saturated heterocycles. The number of phenolic OH excluding ortho intramolecular Hbond substituents is 1. The first-order valence-corrected chi connectivity index (χ1v) is 27.3. The minimum absolute atomic E-state index is 0.0388. The number of ether oxygens (including phenoxy) is 2. The Morgan fingerprint density at radius 1 is 0.763 bits per heavy atom. The predicted octanol–water partition coefficient (Wildman–Crippen LogP) is 6.42. The number of likely N-dealkylation sites (tertiary alicyclic amines) is 1. The summed E-state index contributed by atoms with van der Waals surface area (Å²) in [6, 6.07) is 17.5. The summed E-state index contributed by atoms with van der Waals surface area (Å²) < 4.78 is 13.3. The van der Waals surface area contributed by atoms with Gasteiger partial charge in [0, 0.05) is 131 Å². The van der Waals surface area contributed by atoms with Gasteiger partial charge in [0.25, 0.3) is 0 Å². The van der Waals surface area contributed by atoms with Gasteiger partial charge in [0.2, 0.25) is 11.8 Å². The Balaban J connectivity index is 0.834. The van der Waals surface area contributed by atoms with E-state index in [9.17, 15) is 14.7 Å². The first kappa shape index (κ1) is 50.9. The summed E-state index contributed by atoms with van der Waals surface area (Å²) in [6.45, 7) is 22.7. The lowest BCUT2D eigenvalue weighted by molar-refractivity contribution is -0.127. The van der Waals surface area contributed by atoms with Crippen LogP contribution in [0, 0.1) is 0 Å². The van der Waals surface area contributed by atoms with Crippen LogP contribution in [-0.4, -0.2) is 168 Å². The molecule has 11 rings (SSSR count). The van der Waals surface area contributed by atoms with E-state index in [1.54, 1.807) is 0 Å². The molecule has 3 fully saturated rings. The molecule has 17 nitrogen and oxygen atoms in total. The van der Waals surface area contributed by atoms with Gasteiger partial charge in [-0.15, -0.1) is 0 Å². The summed E-state index contributed by atoms with van der Waals surface area (Å²) in [5.41, 5.74) is 10.3. The highest BCUT2D eigenvalue weighted by Gasteiger charge is 2.34. The van der Waals surface area contributed by atoms with Crippen LogP contribution in [0.25, 0.3) is 16.8 Å². The quantitative estimate of drug-likeness (QED) is 0.122. The Bertz CT molecular complexity index is 3060. The number of hydrogen-bond donors (Lipinski definition) is 1. The Hall–Kier alpha value is -7.24. The topological polar surface area (TPSA) is 150 Å². The fourth-order valence-corrected chi connectivity index (χ4v) is 12.2. The average Bonchev–Trinajstić information content (AvgIpc) is 3.91. The van der Waals surface area contributed by atoms with Crippen molar-refractivity contribution in [1.82, 2.24) is 39.5 Å². The second kappa shape index (κ2) is 21.8. The van der Waals surface area contributed by atoms with Crippen LogP contribution >= 0.6 is 0 Å². The van der Waals surface area contributed by atoms with E-state index < -0.39 is 0 Å². The lowest BCUT2D eigenvalue weighted by atomic mass is 9.85. The highest BCUT2D eigenvalue weighted by Crippen LogP contribution is 2.41. The Labute approximate surface area is 446 Å². The number of allylic oxidation sites excluding steroid dienone is 1. The van der Waals surface area contributed by atoms with Crippen LogP contribution in [0.1, 0.15) is 71.8 Å². The number of anilines is 4. The monoisotopic (exact) mass is 1030 g/mol. The molecule has 3 atom stereocenters. The van der Waals surface area contributed by atoms with Gasteiger partial charge in [-0.1, -0.05) is 62.6 Å². The standard InChI is InChI=1S/C59H72N12O5/c1-7-54(73)66-22-26-68(27-23-66)56-47-17-20-70(37-50(47)60-58(62-56)75-40(4)34-64(5)6)52-31-41(30-49-39(3)12-11-15-46(49)52)35-65-19-16-44(36-65)76-59-61-51-38-71(53-33-43(72)32-42-13-9-10-14-45(42)53)21-18-48(51)57(63-59)69-28-24-67(25-29-69)55(74)8-2/h7-11,13-15,30-33,39-40,44,72H,1-2,12,16-29,34-38H2,3-6H3. The number of hydrogen-bond acceptors (Lipinski definition) is 15. The molecule has 1 N–H and O–H groups in total. The largest absolute Gasteiger partial charge is 0.508 e. The van der Waals surface area contributed by atoms with Gasteiger partial charge in [0.1, 0.15) is 29.6 Å². The van der Waals surface area contributed by atoms with E-state index >= 15 is 0 Å². The molecule has 0 bridgehead atoms. The molecule has 0 saturated carbocycles. The zero-order chi connectivity index (χ0) is 52.6. The molecule has 5 aliphatic heterocycles. The molecule has 6 aliphatic rings. The maximum Gasteiger partial charge on any atom is 0.318 e. The Morgan fingerprint density at radius 2 is 1.38 bits per heavy atom. The third-order valence-electron chi connectivity index (χ3n) is 16.1. The fourth-order valence-electron chi connectivity index (χ4n) is 12.2. The molecule has 2 aromatic heterocycles. The van der Waals surface area contributed by atoms with Gasteiger partial charge in [-0.25, -0.2) is 0 Å². The van der Waals surface area contributed by atoms with Crippen LogP contribution in [0.15, 0.2) is 79.9 Å². The zero-order valence-corrected chi connectivity index (χ0v) is 44.7. The molecule has 5 aromatic rings. The van der Waals surface area contributed by atoms with Gasteiger partial charge in [0.15, 0.2) is 0 Å². The zero-order valence-electron chi connectivity index (χ0n) is 44.7. The number of likely N-dealkylation sites (N-methyl/N-ethyl adjacent to an activating group) is 1. The van der Waals surface area contributed by atoms with Crippen molar-refractivity contribution in [3.8, 4) is 17.8 Å². The van der Waals surface area contributed by atoms with Gasteiger partial charge < -0.3 is 48.9 Å². The summed E-state index contributed by atoms with van der Waals surface area (Å²) in [5, 5.41) is 12.9. The van der Waals surface area contributed by atoms with Crippen LogP contribution in [0.3, 0.4) is 0 Å². The number of aromatic nitrogens is 4. The molecular weight excluding hydrogens is 957 g/mol. The van der Waals surface area contributed by atoms with Crippen LogP contribution in [0.2, 0.25) is 0 Å². The van der Waals surface area contributed by atoms with E-state index in [1.165, 1.54) is 34.5 Å². The van der Waals surface area contributed by atoms with E-state index in [4.69, 9.17) is 29.4 Å². The fraction of sp³-hybridized carbons (Fsp3) is 0.458. The van der Waals surface area contributed by atoms with Crippen LogP contribution < -0.4 is 29.1 Å². The van der Waals surface area contributed by atoms with Crippen molar-refractivity contribution < 1.29 is 24.2 Å². The van der Waals surface area contributed by atoms with Crippen molar-refractivity contribution in [2.75, 3.05) is 119 Å². The van der Waals surface area contributed by atoms with Crippen molar-refractivity contribution in [1.29, 1.82) is 0 Å². The smallest absolute Gasteiger partial charge is 0.318 e. The number of piperazine rings is 2. The number of amides is 2. The summed E-state index contributed by atoms with van der Waals surface area (Å²) in [6.07, 6.45) is 10.6. The molecule has 3 aromatic carbocycles. The van der Waals surface area contributed by atoms with Crippen LogP contribution in [0.5, 0.6) is 17.8 Å². The van der Waals surface area contributed by atoms with E-state index in [0.717, 1.165) is 116 Å². The van der Waals surface area contributed by atoms with Crippen LogP contribution in [-0.2, 0) is 42.1 Å². The third-order valence-corrected chi connectivity index (χ3v) is 16.1. The number of nitrogens with zero attached hydrogens (tertiary/aromatic N) is 12. The first-order chi connectivity index (χ1) is 36.9. The second-order valence-electron chi connectivity index (χ2n) is 21.7. The Morgan fingerprint density at radius 3 is 2.03 bits per heavy atom. The third kappa shape index (κ3) is 10.6. The molecule has 7 heterocycles. The van der Waals surface area contributed by atoms with Crippen LogP contribution in [0.4, 0.5) is 23.0 Å². The van der Waals surface area contributed by atoms with E-state index in [1.807, 2.05) is 54.2 Å². The molecule has 17 heteroatoms. The molecule has 2 amide bonds. The lowest BCUT2D eigenvalue weighted by Crippen LogP contribution is -2.49.